The number of likely N-dealkylation sites (tertiary alicyclic amines) is 2. The number of fused-ring (bicyclic) bond motifs is 2. The molecule has 4 saturated heterocycles. The number of anilines is 3. The van der Waals surface area contributed by atoms with Gasteiger partial charge in [-0.3, -0.25) is 14.5 Å². The number of aromatic nitrogens is 4. The van der Waals surface area contributed by atoms with Gasteiger partial charge in [0.25, 0.3) is 5.88 Å². The minimum atomic E-state index is -4.48. The van der Waals surface area contributed by atoms with E-state index in [1.54, 1.807) is 25.1 Å². The summed E-state index contributed by atoms with van der Waals surface area (Å²) in [6.07, 6.45) is 2.26. The topological polar surface area (TPSA) is 218 Å². The SMILES string of the molecule is CC(C)[C@H](C(=O)N1C[C@H](O)C[C@H]1C(=O)N[C@@H](C)c1ccc(C(F)(F)F)cc1)c1cc(OCCN2CCC(O[C@H]3C[C@H](Oc4cc(N5C6CCC5CN(c5cc(-c7ccccc7O)nnc5N)C6)ccn4)C3)CC2)no1. The number of nitrogens with two attached hydrogens (primary N) is 1. The van der Waals surface area contributed by atoms with Crippen molar-refractivity contribution in [1.82, 2.24) is 35.5 Å². The lowest BCUT2D eigenvalue weighted by Crippen LogP contribution is -2.54. The van der Waals surface area contributed by atoms with Crippen molar-refractivity contribution >= 4 is 29.0 Å². The fraction of sp³-hybridized carbons (Fsp3) is 0.519. The van der Waals surface area contributed by atoms with Gasteiger partial charge < -0.3 is 54.7 Å². The highest BCUT2D eigenvalue weighted by Crippen LogP contribution is 2.41. The number of para-hydroxylation sites is 1. The fourth-order valence-electron chi connectivity index (χ4n) is 11.4. The predicted molar refractivity (Wildman–Crippen MR) is 271 cm³/mol. The number of rotatable bonds is 17. The number of pyridine rings is 1. The Morgan fingerprint density at radius 2 is 1.61 bits per heavy atom. The molecule has 6 atom stereocenters. The molecular formula is C54H65F3N10O8. The Morgan fingerprint density at radius 3 is 2.32 bits per heavy atom. The number of carbonyl (C=O) groups is 2. The van der Waals surface area contributed by atoms with E-state index >= 15 is 0 Å². The molecule has 3 aromatic heterocycles. The smallest absolute Gasteiger partial charge is 0.416 e. The number of phenolic OH excluding ortho intramolecular Hbond substituents is 1. The van der Waals surface area contributed by atoms with Crippen LogP contribution in [0.15, 0.2) is 83.5 Å². The summed E-state index contributed by atoms with van der Waals surface area (Å²) in [5, 5.41) is 36.5. The molecule has 5 fully saturated rings. The van der Waals surface area contributed by atoms with Crippen LogP contribution in [-0.2, 0) is 20.5 Å². The zero-order valence-electron chi connectivity index (χ0n) is 42.3. The van der Waals surface area contributed by atoms with Gasteiger partial charge in [0.2, 0.25) is 17.7 Å². The number of carbonyl (C=O) groups excluding carboxylic acids is 2. The molecule has 5 N–H and O–H groups in total. The van der Waals surface area contributed by atoms with Crippen LogP contribution in [0.1, 0.15) is 94.6 Å². The summed E-state index contributed by atoms with van der Waals surface area (Å²) in [6.45, 7) is 9.57. The van der Waals surface area contributed by atoms with Crippen molar-refractivity contribution in [2.24, 2.45) is 5.92 Å². The van der Waals surface area contributed by atoms with Crippen LogP contribution in [0.3, 0.4) is 0 Å². The van der Waals surface area contributed by atoms with Gasteiger partial charge in [0.05, 0.1) is 41.3 Å². The quantitative estimate of drug-likeness (QED) is 0.0758. The zero-order chi connectivity index (χ0) is 52.5. The third-order valence-corrected chi connectivity index (χ3v) is 15.4. The van der Waals surface area contributed by atoms with Crippen molar-refractivity contribution in [2.45, 2.75) is 126 Å². The first-order chi connectivity index (χ1) is 36.0. The minimum Gasteiger partial charge on any atom is -0.507 e. The number of nitrogen functional groups attached to an aromatic ring is 1. The fourth-order valence-corrected chi connectivity index (χ4v) is 11.4. The Bertz CT molecular complexity index is 2770. The number of piperazine rings is 1. The molecular weight excluding hydrogens is 974 g/mol. The molecule has 0 spiro atoms. The van der Waals surface area contributed by atoms with Crippen LogP contribution in [0, 0.1) is 5.92 Å². The number of alkyl halides is 3. The molecule has 5 aliphatic rings. The van der Waals surface area contributed by atoms with E-state index in [9.17, 15) is 33.0 Å². The number of hydrogen-bond acceptors (Lipinski definition) is 16. The average molecular weight is 1040 g/mol. The highest BCUT2D eigenvalue weighted by Gasteiger charge is 2.45. The third-order valence-electron chi connectivity index (χ3n) is 15.4. The second-order valence-electron chi connectivity index (χ2n) is 21.0. The normalized spacial score (nSPS) is 24.0. The molecule has 2 bridgehead atoms. The summed E-state index contributed by atoms with van der Waals surface area (Å²) in [7, 11) is 0. The van der Waals surface area contributed by atoms with Crippen LogP contribution in [0.4, 0.5) is 30.4 Å². The van der Waals surface area contributed by atoms with Gasteiger partial charge in [-0.2, -0.15) is 13.2 Å². The number of aliphatic hydroxyl groups is 1. The van der Waals surface area contributed by atoms with Gasteiger partial charge in [-0.15, -0.1) is 10.2 Å². The summed E-state index contributed by atoms with van der Waals surface area (Å²) in [4.78, 5) is 40.6. The average Bonchev–Trinajstić information content (AvgIpc) is 4.09. The third kappa shape index (κ3) is 11.6. The Hall–Kier alpha value is -6.71. The molecule has 2 amide bonds. The van der Waals surface area contributed by atoms with E-state index < -0.39 is 47.7 Å². The largest absolute Gasteiger partial charge is 0.507 e. The zero-order valence-corrected chi connectivity index (χ0v) is 42.3. The molecule has 1 saturated carbocycles. The molecule has 2 unspecified atom stereocenters. The maximum atomic E-state index is 14.1. The monoisotopic (exact) mass is 1040 g/mol. The Labute approximate surface area is 433 Å². The molecule has 2 aromatic carbocycles. The van der Waals surface area contributed by atoms with Gasteiger partial charge in [0.1, 0.15) is 30.4 Å². The minimum absolute atomic E-state index is 0.0128. The van der Waals surface area contributed by atoms with E-state index in [1.807, 2.05) is 38.2 Å². The molecule has 18 nitrogen and oxygen atoms in total. The Kier molecular flexibility index (Phi) is 15.1. The van der Waals surface area contributed by atoms with E-state index in [1.165, 1.54) is 17.0 Å². The van der Waals surface area contributed by atoms with E-state index in [4.69, 9.17) is 24.5 Å². The maximum absolute atomic E-state index is 14.1. The van der Waals surface area contributed by atoms with Crippen LogP contribution < -0.4 is 30.3 Å². The van der Waals surface area contributed by atoms with E-state index in [-0.39, 0.29) is 66.7 Å². The first kappa shape index (κ1) is 51.8. The summed E-state index contributed by atoms with van der Waals surface area (Å²) in [5.41, 5.74) is 9.17. The molecule has 0 radical (unpaired) electrons. The lowest BCUT2D eigenvalue weighted by atomic mass is 9.91. The number of piperidine rings is 1. The highest BCUT2D eigenvalue weighted by molar-refractivity contribution is 5.91. The number of aromatic hydroxyl groups is 1. The van der Waals surface area contributed by atoms with E-state index in [2.05, 4.69) is 52.5 Å². The molecule has 7 heterocycles. The van der Waals surface area contributed by atoms with Crippen molar-refractivity contribution in [2.75, 3.05) is 61.4 Å². The number of nitrogens with zero attached hydrogens (tertiary/aromatic N) is 8. The number of β-amino-alcohol motifs (C(OH)–C–C–N with tert-alkyl or cyclic N) is 1. The number of nitrogens with one attached hydrogen (secondary N) is 1. The van der Waals surface area contributed by atoms with Crippen molar-refractivity contribution in [1.29, 1.82) is 0 Å². The van der Waals surface area contributed by atoms with E-state index in [0.29, 0.717) is 41.7 Å². The number of halogens is 3. The number of amides is 2. The second kappa shape index (κ2) is 21.9. The molecule has 21 heteroatoms. The van der Waals surface area contributed by atoms with Crippen LogP contribution in [0.5, 0.6) is 17.5 Å². The van der Waals surface area contributed by atoms with Crippen molar-refractivity contribution in [3.05, 3.63) is 95.9 Å². The Morgan fingerprint density at radius 1 is 0.880 bits per heavy atom. The molecule has 10 rings (SSSR count). The Balaban J connectivity index is 0.642. The summed E-state index contributed by atoms with van der Waals surface area (Å²) < 4.78 is 63.8. The molecule has 1 aliphatic carbocycles. The van der Waals surface area contributed by atoms with Crippen molar-refractivity contribution < 1.29 is 51.7 Å². The first-order valence-electron chi connectivity index (χ1n) is 26.1. The van der Waals surface area contributed by atoms with Gasteiger partial charge in [-0.1, -0.05) is 38.1 Å². The van der Waals surface area contributed by atoms with Crippen LogP contribution in [0.2, 0.25) is 0 Å². The lowest BCUT2D eigenvalue weighted by molar-refractivity contribution is -0.141. The molecule has 400 valence electrons. The van der Waals surface area contributed by atoms with Crippen molar-refractivity contribution in [3.8, 4) is 28.8 Å². The van der Waals surface area contributed by atoms with Gasteiger partial charge in [0, 0.05) is 100 Å². The second-order valence-corrected chi connectivity index (χ2v) is 21.0. The number of phenols is 1. The molecule has 75 heavy (non-hydrogen) atoms. The first-order valence-corrected chi connectivity index (χ1v) is 26.1. The van der Waals surface area contributed by atoms with Crippen LogP contribution in [0.25, 0.3) is 11.3 Å². The van der Waals surface area contributed by atoms with Gasteiger partial charge in [-0.05, 0) is 85.6 Å². The maximum Gasteiger partial charge on any atom is 0.416 e. The van der Waals surface area contributed by atoms with E-state index in [0.717, 1.165) is 88.2 Å². The van der Waals surface area contributed by atoms with Crippen LogP contribution in [-0.4, -0.2) is 141 Å². The van der Waals surface area contributed by atoms with Gasteiger partial charge in [-0.25, -0.2) is 4.98 Å². The number of ether oxygens (including phenoxy) is 3. The number of benzene rings is 2. The number of aliphatic hydroxyl groups excluding tert-OH is 1. The molecule has 4 aliphatic heterocycles. The summed E-state index contributed by atoms with van der Waals surface area (Å²) in [5.74, 6) is -0.352. The lowest BCUT2D eigenvalue weighted by Gasteiger charge is -2.43. The summed E-state index contributed by atoms with van der Waals surface area (Å²) in [6, 6.07) is 18.2. The summed E-state index contributed by atoms with van der Waals surface area (Å²) >= 11 is 0. The van der Waals surface area contributed by atoms with Gasteiger partial charge in [0.15, 0.2) is 11.6 Å². The van der Waals surface area contributed by atoms with Crippen molar-refractivity contribution in [3.63, 3.8) is 0 Å². The van der Waals surface area contributed by atoms with Gasteiger partial charge >= 0.3 is 6.18 Å². The predicted octanol–water partition coefficient (Wildman–Crippen LogP) is 6.74. The highest BCUT2D eigenvalue weighted by atomic mass is 19.4. The molecule has 5 aromatic rings. The standard InChI is InChI=1S/C54H65F3N10O8/c1-31(2)50(53(71)66-30-38(68)23-45(66)52(70)60-32(3)33-8-10-34(11-9-33)54(55,56)57)47-27-49(63-75-47)72-21-20-64-18-15-39(16-19-64)73-40-24-41(25-40)74-48-22-35(14-17-59-48)67-36-12-13-37(67)29-65(28-36)44-26-43(61-62-51(44)58)42-6-4-5-7-46(42)69/h4-11,14,17,22,26-27,31-32,36-41,45,50,68-69H,12-13,15-16,18-21,23-25,28-30H2,1-3H3,(H2,58,62)(H,60,70)/t32-,36?,37?,38+,40-,41-,45-,50-/m0/s1. The van der Waals surface area contributed by atoms with Crippen LogP contribution >= 0.6 is 0 Å². The number of hydrogen-bond donors (Lipinski definition) is 4.